The van der Waals surface area contributed by atoms with Gasteiger partial charge in [-0.15, -0.1) is 0 Å². The highest BCUT2D eigenvalue weighted by atomic mass is 35.5. The first-order chi connectivity index (χ1) is 7.70. The van der Waals surface area contributed by atoms with Crippen LogP contribution >= 0.6 is 23.1 Å². The van der Waals surface area contributed by atoms with Crippen molar-refractivity contribution in [2.45, 2.75) is 18.9 Å². The van der Waals surface area contributed by atoms with E-state index in [0.29, 0.717) is 16.8 Å². The second-order valence-corrected chi connectivity index (χ2v) is 5.14. The topological polar surface area (TPSA) is 52.0 Å². The van der Waals surface area contributed by atoms with Gasteiger partial charge in [-0.25, -0.2) is 0 Å². The molecule has 0 bridgehead atoms. The van der Waals surface area contributed by atoms with Gasteiger partial charge in [-0.3, -0.25) is 0 Å². The molecule has 4 nitrogen and oxygen atoms in total. The number of nitrogens with one attached hydrogen (secondary N) is 1. The van der Waals surface area contributed by atoms with Crippen molar-refractivity contribution in [1.29, 1.82) is 5.26 Å². The number of halogens is 1. The van der Waals surface area contributed by atoms with Crippen LogP contribution in [-0.4, -0.2) is 35.5 Å². The Labute approximate surface area is 104 Å². The highest BCUT2D eigenvalue weighted by Crippen LogP contribution is 2.29. The number of aromatic nitrogens is 1. The fraction of sp³-hybridized carbons (Fsp3) is 0.600. The van der Waals surface area contributed by atoms with Crippen LogP contribution < -0.4 is 5.32 Å². The Bertz CT molecular complexity index is 403. The van der Waals surface area contributed by atoms with Crippen LogP contribution in [0.25, 0.3) is 0 Å². The highest BCUT2D eigenvalue weighted by Gasteiger charge is 2.19. The summed E-state index contributed by atoms with van der Waals surface area (Å²) in [4.78, 5) is 2.31. The minimum atomic E-state index is 0.308. The lowest BCUT2D eigenvalue weighted by Gasteiger charge is -2.29. The van der Waals surface area contributed by atoms with Gasteiger partial charge in [0.15, 0.2) is 5.15 Å². The Morgan fingerprint density at radius 2 is 2.25 bits per heavy atom. The minimum Gasteiger partial charge on any atom is -0.372 e. The first-order valence-electron chi connectivity index (χ1n) is 5.21. The molecule has 0 saturated carbocycles. The van der Waals surface area contributed by atoms with Gasteiger partial charge in [0.1, 0.15) is 16.6 Å². The lowest BCUT2D eigenvalue weighted by molar-refractivity contribution is 0.264. The summed E-state index contributed by atoms with van der Waals surface area (Å²) in [6.07, 6.45) is 2.19. The molecule has 1 aliphatic heterocycles. The fourth-order valence-electron chi connectivity index (χ4n) is 1.80. The number of nitrogens with zero attached hydrogens (tertiary/aromatic N) is 3. The van der Waals surface area contributed by atoms with Crippen LogP contribution in [0.2, 0.25) is 5.15 Å². The second kappa shape index (κ2) is 5.00. The Balaban J connectivity index is 2.02. The minimum absolute atomic E-state index is 0.308. The molecule has 1 aliphatic rings. The number of hydrogen-bond acceptors (Lipinski definition) is 5. The molecule has 2 heterocycles. The molecule has 1 saturated heterocycles. The zero-order valence-corrected chi connectivity index (χ0v) is 10.6. The monoisotopic (exact) mass is 256 g/mol. The maximum atomic E-state index is 8.94. The Morgan fingerprint density at radius 3 is 2.88 bits per heavy atom. The van der Waals surface area contributed by atoms with Crippen molar-refractivity contribution in [2.75, 3.05) is 25.5 Å². The summed E-state index contributed by atoms with van der Waals surface area (Å²) >= 11 is 7.08. The molecule has 1 N–H and O–H groups in total. The van der Waals surface area contributed by atoms with Gasteiger partial charge in [-0.1, -0.05) is 11.6 Å². The maximum absolute atomic E-state index is 8.94. The SMILES string of the molecule is CN1CCC(Nc2snc(Cl)c2C#N)CC1. The van der Waals surface area contributed by atoms with E-state index >= 15 is 0 Å². The molecule has 0 atom stereocenters. The van der Waals surface area contributed by atoms with E-state index in [4.69, 9.17) is 16.9 Å². The van der Waals surface area contributed by atoms with Crippen LogP contribution in [0.3, 0.4) is 0 Å². The predicted octanol–water partition coefficient (Wildman–Crippen LogP) is 2.17. The molecule has 1 aromatic rings. The van der Waals surface area contributed by atoms with Gasteiger partial charge < -0.3 is 10.2 Å². The number of piperidine rings is 1. The summed E-state index contributed by atoms with van der Waals surface area (Å²) in [5.41, 5.74) is 0.477. The van der Waals surface area contributed by atoms with Gasteiger partial charge in [0.25, 0.3) is 0 Å². The molecule has 0 unspecified atom stereocenters. The van der Waals surface area contributed by atoms with Gasteiger partial charge in [-0.2, -0.15) is 9.64 Å². The number of hydrogen-bond donors (Lipinski definition) is 1. The standard InChI is InChI=1S/C10H13ClN4S/c1-15-4-2-7(3-5-15)13-10-8(6-12)9(11)14-16-10/h7,13H,2-5H2,1H3. The first kappa shape index (κ1) is 11.6. The summed E-state index contributed by atoms with van der Waals surface area (Å²) < 4.78 is 3.98. The van der Waals surface area contributed by atoms with E-state index < -0.39 is 0 Å². The molecular weight excluding hydrogens is 244 g/mol. The largest absolute Gasteiger partial charge is 0.372 e. The summed E-state index contributed by atoms with van der Waals surface area (Å²) in [5.74, 6) is 0. The Hall–Kier alpha value is -0.830. The smallest absolute Gasteiger partial charge is 0.162 e. The lowest BCUT2D eigenvalue weighted by Crippen LogP contribution is -2.36. The fourth-order valence-corrected chi connectivity index (χ4v) is 2.82. The van der Waals surface area contributed by atoms with Crippen molar-refractivity contribution in [2.24, 2.45) is 0 Å². The van der Waals surface area contributed by atoms with Crippen LogP contribution in [0, 0.1) is 11.3 Å². The summed E-state index contributed by atoms with van der Waals surface area (Å²) in [5, 5.41) is 13.4. The normalized spacial score (nSPS) is 18.3. The molecule has 1 aromatic heterocycles. The third-order valence-corrected chi connectivity index (χ3v) is 3.97. The van der Waals surface area contributed by atoms with Crippen LogP contribution in [0.4, 0.5) is 5.00 Å². The van der Waals surface area contributed by atoms with Gasteiger partial charge in [0, 0.05) is 6.04 Å². The Morgan fingerprint density at radius 1 is 1.56 bits per heavy atom. The van der Waals surface area contributed by atoms with E-state index in [1.807, 2.05) is 0 Å². The van der Waals surface area contributed by atoms with Crippen molar-refractivity contribution < 1.29 is 0 Å². The van der Waals surface area contributed by atoms with Crippen LogP contribution in [0.15, 0.2) is 0 Å². The van der Waals surface area contributed by atoms with Crippen LogP contribution in [-0.2, 0) is 0 Å². The van der Waals surface area contributed by atoms with Gasteiger partial charge in [0.2, 0.25) is 0 Å². The number of rotatable bonds is 2. The van der Waals surface area contributed by atoms with Gasteiger partial charge in [-0.05, 0) is 44.5 Å². The van der Waals surface area contributed by atoms with Crippen LogP contribution in [0.1, 0.15) is 18.4 Å². The first-order valence-corrected chi connectivity index (χ1v) is 6.36. The highest BCUT2D eigenvalue weighted by molar-refractivity contribution is 7.10. The van der Waals surface area contributed by atoms with Crippen molar-refractivity contribution in [3.05, 3.63) is 10.7 Å². The zero-order chi connectivity index (χ0) is 11.5. The molecular formula is C10H13ClN4S. The lowest BCUT2D eigenvalue weighted by atomic mass is 10.1. The van der Waals surface area contributed by atoms with Crippen molar-refractivity contribution in [1.82, 2.24) is 9.27 Å². The van der Waals surface area contributed by atoms with E-state index in [1.165, 1.54) is 11.5 Å². The van der Waals surface area contributed by atoms with E-state index in [9.17, 15) is 0 Å². The quantitative estimate of drug-likeness (QED) is 0.881. The Kier molecular flexibility index (Phi) is 3.64. The third-order valence-electron chi connectivity index (χ3n) is 2.82. The predicted molar refractivity (Wildman–Crippen MR) is 66.0 cm³/mol. The van der Waals surface area contributed by atoms with E-state index in [0.717, 1.165) is 30.9 Å². The second-order valence-electron chi connectivity index (χ2n) is 4.01. The molecule has 0 radical (unpaired) electrons. The van der Waals surface area contributed by atoms with Gasteiger partial charge in [0.05, 0.1) is 0 Å². The number of nitriles is 1. The molecule has 0 spiro atoms. The molecule has 86 valence electrons. The third kappa shape index (κ3) is 2.46. The van der Waals surface area contributed by atoms with E-state index in [-0.39, 0.29) is 0 Å². The number of anilines is 1. The molecule has 1 fully saturated rings. The molecule has 0 aliphatic carbocycles. The van der Waals surface area contributed by atoms with E-state index in [2.05, 4.69) is 27.7 Å². The van der Waals surface area contributed by atoms with Gasteiger partial charge >= 0.3 is 0 Å². The zero-order valence-electron chi connectivity index (χ0n) is 9.03. The summed E-state index contributed by atoms with van der Waals surface area (Å²) in [6.45, 7) is 2.18. The molecule has 0 amide bonds. The molecule has 2 rings (SSSR count). The van der Waals surface area contributed by atoms with Crippen LogP contribution in [0.5, 0.6) is 0 Å². The molecule has 6 heteroatoms. The van der Waals surface area contributed by atoms with Crippen molar-refractivity contribution in [3.63, 3.8) is 0 Å². The summed E-state index contributed by atoms with van der Waals surface area (Å²) in [7, 11) is 2.13. The summed E-state index contributed by atoms with van der Waals surface area (Å²) in [6, 6.07) is 2.52. The average molecular weight is 257 g/mol. The average Bonchev–Trinajstić information content (AvgIpc) is 2.63. The van der Waals surface area contributed by atoms with Crippen molar-refractivity contribution >= 4 is 28.1 Å². The molecule has 16 heavy (non-hydrogen) atoms. The maximum Gasteiger partial charge on any atom is 0.162 e. The van der Waals surface area contributed by atoms with Crippen molar-refractivity contribution in [3.8, 4) is 6.07 Å². The number of likely N-dealkylation sites (tertiary alicyclic amines) is 1. The van der Waals surface area contributed by atoms with E-state index in [1.54, 1.807) is 0 Å². The molecule has 0 aromatic carbocycles.